The van der Waals surface area contributed by atoms with E-state index in [9.17, 15) is 10.2 Å². The van der Waals surface area contributed by atoms with Gasteiger partial charge in [0.1, 0.15) is 11.5 Å². The summed E-state index contributed by atoms with van der Waals surface area (Å²) >= 11 is 3.16. The number of aromatic hydroxyl groups is 2. The van der Waals surface area contributed by atoms with Gasteiger partial charge in [0.2, 0.25) is 0 Å². The number of phenolic OH excluding ortho intramolecular Hbond substituents is 2. The van der Waals surface area contributed by atoms with Crippen LogP contribution in [0.1, 0.15) is 25.0 Å². The molecule has 0 bridgehead atoms. The predicted octanol–water partition coefficient (Wildman–Crippen LogP) is 6.07. The fraction of sp³-hybridized carbons (Fsp3) is 0.200. The monoisotopic (exact) mass is 478 g/mol. The maximum Gasteiger partial charge on any atom is 0.163 e. The molecule has 0 saturated carbocycles. The van der Waals surface area contributed by atoms with Gasteiger partial charge in [0.15, 0.2) is 8.75 Å². The molecule has 0 fully saturated rings. The third kappa shape index (κ3) is 8.86. The summed E-state index contributed by atoms with van der Waals surface area (Å²) in [7, 11) is 2.92. The van der Waals surface area contributed by atoms with E-state index in [1.54, 1.807) is 59.9 Å². The van der Waals surface area contributed by atoms with Crippen LogP contribution in [0.4, 0.5) is 0 Å². The average molecular weight is 479 g/mol. The molecule has 0 atom stereocenters. The van der Waals surface area contributed by atoms with E-state index in [1.807, 2.05) is 26.0 Å². The van der Waals surface area contributed by atoms with Gasteiger partial charge >= 0.3 is 0 Å². The van der Waals surface area contributed by atoms with Crippen LogP contribution >= 0.6 is 45.1 Å². The molecular formula is C20H22N4O2S4. The largest absolute Gasteiger partial charge is 0.507 e. The van der Waals surface area contributed by atoms with Crippen molar-refractivity contribution >= 4 is 66.3 Å². The van der Waals surface area contributed by atoms with Crippen molar-refractivity contribution in [2.75, 3.05) is 11.5 Å². The zero-order chi connectivity index (χ0) is 21.6. The first-order chi connectivity index (χ1) is 14.6. The highest BCUT2D eigenvalue weighted by atomic mass is 33.1. The minimum absolute atomic E-state index is 0.166. The Bertz CT molecular complexity index is 857. The van der Waals surface area contributed by atoms with E-state index in [1.165, 1.54) is 34.0 Å². The lowest BCUT2D eigenvalue weighted by molar-refractivity contribution is 0.474. The lowest BCUT2D eigenvalue weighted by Crippen LogP contribution is -1.89. The molecule has 0 aliphatic heterocycles. The number of para-hydroxylation sites is 2. The molecular weight excluding hydrogens is 457 g/mol. The number of hydrogen-bond donors (Lipinski definition) is 2. The second-order valence-electron chi connectivity index (χ2n) is 5.37. The highest BCUT2D eigenvalue weighted by Gasteiger charge is 2.07. The number of hydrogen-bond acceptors (Lipinski definition) is 10. The summed E-state index contributed by atoms with van der Waals surface area (Å²) in [5.41, 5.74) is 1.23. The second kappa shape index (κ2) is 14.2. The smallest absolute Gasteiger partial charge is 0.163 e. The first-order valence-electron chi connectivity index (χ1n) is 9.02. The van der Waals surface area contributed by atoms with Crippen LogP contribution < -0.4 is 0 Å². The highest BCUT2D eigenvalue weighted by Crippen LogP contribution is 2.34. The SMILES string of the molecule is CCS/C(=N/N=C/c1ccccc1O)SS/C(=N\N=C\c1ccccc1O)SCC. The molecule has 2 aromatic rings. The van der Waals surface area contributed by atoms with Crippen molar-refractivity contribution in [3.05, 3.63) is 59.7 Å². The molecule has 10 heteroatoms. The summed E-state index contributed by atoms with van der Waals surface area (Å²) in [6, 6.07) is 13.9. The maximum atomic E-state index is 9.79. The van der Waals surface area contributed by atoms with Crippen molar-refractivity contribution < 1.29 is 10.2 Å². The fourth-order valence-electron chi connectivity index (χ4n) is 1.93. The van der Waals surface area contributed by atoms with Gasteiger partial charge in [-0.3, -0.25) is 0 Å². The van der Waals surface area contributed by atoms with Crippen LogP contribution in [0.25, 0.3) is 0 Å². The summed E-state index contributed by atoms with van der Waals surface area (Å²) in [4.78, 5) is 0. The quantitative estimate of drug-likeness (QED) is 0.227. The Hall–Kier alpha value is -1.88. The summed E-state index contributed by atoms with van der Waals surface area (Å²) in [5, 5.41) is 36.3. The van der Waals surface area contributed by atoms with Crippen LogP contribution in [-0.2, 0) is 0 Å². The molecule has 2 aromatic carbocycles. The number of thioether (sulfide) groups is 2. The normalized spacial score (nSPS) is 12.9. The molecule has 0 heterocycles. The molecule has 2 N–H and O–H groups in total. The van der Waals surface area contributed by atoms with Gasteiger partial charge in [-0.1, -0.05) is 61.6 Å². The minimum Gasteiger partial charge on any atom is -0.507 e. The van der Waals surface area contributed by atoms with Crippen LogP contribution in [0, 0.1) is 0 Å². The zero-order valence-electron chi connectivity index (χ0n) is 16.5. The van der Waals surface area contributed by atoms with Crippen LogP contribution in [0.3, 0.4) is 0 Å². The van der Waals surface area contributed by atoms with Gasteiger partial charge in [0.05, 0.1) is 12.4 Å². The Balaban J connectivity index is 2.03. The van der Waals surface area contributed by atoms with E-state index < -0.39 is 0 Å². The molecule has 0 amide bonds. The van der Waals surface area contributed by atoms with E-state index in [0.717, 1.165) is 20.3 Å². The first-order valence-corrected chi connectivity index (χ1v) is 13.1. The van der Waals surface area contributed by atoms with Gasteiger partial charge in [-0.25, -0.2) is 0 Å². The van der Waals surface area contributed by atoms with Crippen molar-refractivity contribution in [3.8, 4) is 11.5 Å². The molecule has 0 spiro atoms. The molecule has 30 heavy (non-hydrogen) atoms. The van der Waals surface area contributed by atoms with E-state index in [2.05, 4.69) is 20.4 Å². The van der Waals surface area contributed by atoms with Crippen molar-refractivity contribution in [1.82, 2.24) is 0 Å². The Morgan fingerprint density at radius 3 is 1.50 bits per heavy atom. The summed E-state index contributed by atoms with van der Waals surface area (Å²) < 4.78 is 1.56. The Morgan fingerprint density at radius 1 is 0.733 bits per heavy atom. The predicted molar refractivity (Wildman–Crippen MR) is 138 cm³/mol. The minimum atomic E-state index is 0.166. The van der Waals surface area contributed by atoms with Crippen molar-refractivity contribution in [2.45, 2.75) is 13.8 Å². The third-order valence-corrected chi connectivity index (χ3v) is 8.07. The second-order valence-corrected chi connectivity index (χ2v) is 10.5. The number of benzene rings is 2. The van der Waals surface area contributed by atoms with Crippen molar-refractivity contribution in [3.63, 3.8) is 0 Å². The number of phenols is 2. The van der Waals surface area contributed by atoms with Crippen LogP contribution in [0.5, 0.6) is 11.5 Å². The first kappa shape index (κ1) is 24.4. The van der Waals surface area contributed by atoms with Gasteiger partial charge in [0, 0.05) is 11.1 Å². The van der Waals surface area contributed by atoms with Crippen LogP contribution in [0.15, 0.2) is 68.9 Å². The molecule has 2 rings (SSSR count). The van der Waals surface area contributed by atoms with Gasteiger partial charge in [0.25, 0.3) is 0 Å². The van der Waals surface area contributed by atoms with E-state index in [4.69, 9.17) is 0 Å². The van der Waals surface area contributed by atoms with E-state index >= 15 is 0 Å². The zero-order valence-corrected chi connectivity index (χ0v) is 19.8. The van der Waals surface area contributed by atoms with E-state index in [0.29, 0.717) is 11.1 Å². The Kier molecular flexibility index (Phi) is 11.5. The molecule has 0 unspecified atom stereocenters. The third-order valence-electron chi connectivity index (χ3n) is 3.27. The molecule has 0 aromatic heterocycles. The topological polar surface area (TPSA) is 89.9 Å². The number of nitrogens with zero attached hydrogens (tertiary/aromatic N) is 4. The van der Waals surface area contributed by atoms with Gasteiger partial charge in [-0.2, -0.15) is 10.2 Å². The van der Waals surface area contributed by atoms with Crippen molar-refractivity contribution in [1.29, 1.82) is 0 Å². The number of rotatable bonds is 6. The maximum absolute atomic E-state index is 9.79. The molecule has 0 aliphatic rings. The highest BCUT2D eigenvalue weighted by molar-refractivity contribution is 8.93. The fourth-order valence-corrected chi connectivity index (χ4v) is 6.13. The van der Waals surface area contributed by atoms with Crippen molar-refractivity contribution in [2.24, 2.45) is 20.4 Å². The lowest BCUT2D eigenvalue weighted by Gasteiger charge is -2.03. The Labute approximate surface area is 192 Å². The molecule has 6 nitrogen and oxygen atoms in total. The van der Waals surface area contributed by atoms with Gasteiger partial charge in [-0.05, 0) is 57.4 Å². The standard InChI is InChI=1S/C20H22N4O2S4/c1-3-27-19(23-21-13-15-9-5-7-11-17(15)25)29-30-20(28-4-2)24-22-14-16-10-6-8-12-18(16)26/h5-14,25-26H,3-4H2,1-2H3/b21-13+,22-14+,23-19-,24-20-. The molecule has 158 valence electrons. The van der Waals surface area contributed by atoms with Gasteiger partial charge < -0.3 is 10.2 Å². The Morgan fingerprint density at radius 2 is 1.13 bits per heavy atom. The van der Waals surface area contributed by atoms with Gasteiger partial charge in [-0.15, -0.1) is 10.2 Å². The van der Waals surface area contributed by atoms with Crippen LogP contribution in [-0.4, -0.2) is 42.9 Å². The van der Waals surface area contributed by atoms with E-state index in [-0.39, 0.29) is 11.5 Å². The molecule has 0 radical (unpaired) electrons. The summed E-state index contributed by atoms with van der Waals surface area (Å²) in [5.74, 6) is 2.05. The summed E-state index contributed by atoms with van der Waals surface area (Å²) in [6.07, 6.45) is 3.06. The van der Waals surface area contributed by atoms with Crippen LogP contribution in [0.2, 0.25) is 0 Å². The molecule has 0 saturated heterocycles. The summed E-state index contributed by atoms with van der Waals surface area (Å²) in [6.45, 7) is 4.09. The lowest BCUT2D eigenvalue weighted by atomic mass is 10.2. The molecule has 0 aliphatic carbocycles. The average Bonchev–Trinajstić information content (AvgIpc) is 2.74.